The SMILES string of the molecule is CC(=O)O.OC1CC1. The van der Waals surface area contributed by atoms with Crippen LogP contribution in [0.25, 0.3) is 0 Å². The van der Waals surface area contributed by atoms with Crippen LogP contribution in [0.15, 0.2) is 0 Å². The Balaban J connectivity index is 0.000000122. The monoisotopic (exact) mass is 118 g/mol. The van der Waals surface area contributed by atoms with E-state index in [9.17, 15) is 0 Å². The molecule has 1 saturated carbocycles. The summed E-state index contributed by atoms with van der Waals surface area (Å²) in [6, 6.07) is 0. The molecule has 0 spiro atoms. The van der Waals surface area contributed by atoms with Gasteiger partial charge in [-0.3, -0.25) is 4.79 Å². The molecule has 3 nitrogen and oxygen atoms in total. The van der Waals surface area contributed by atoms with E-state index in [0.29, 0.717) is 0 Å². The van der Waals surface area contributed by atoms with Crippen molar-refractivity contribution in [3.63, 3.8) is 0 Å². The van der Waals surface area contributed by atoms with Crippen LogP contribution in [0.4, 0.5) is 0 Å². The Labute approximate surface area is 47.9 Å². The van der Waals surface area contributed by atoms with E-state index in [1.54, 1.807) is 0 Å². The van der Waals surface area contributed by atoms with Crippen LogP contribution in [-0.2, 0) is 4.79 Å². The van der Waals surface area contributed by atoms with Crippen molar-refractivity contribution in [3.05, 3.63) is 0 Å². The number of aliphatic hydroxyl groups is 1. The third-order valence-corrected chi connectivity index (χ3v) is 0.547. The summed E-state index contributed by atoms with van der Waals surface area (Å²) >= 11 is 0. The maximum absolute atomic E-state index is 9.00. The Morgan fingerprint density at radius 2 is 1.75 bits per heavy atom. The summed E-state index contributed by atoms with van der Waals surface area (Å²) in [5.41, 5.74) is 0. The number of rotatable bonds is 0. The highest BCUT2D eigenvalue weighted by Gasteiger charge is 2.15. The first-order valence-corrected chi connectivity index (χ1v) is 2.50. The Bertz CT molecular complexity index is 71.7. The molecule has 0 aliphatic heterocycles. The topological polar surface area (TPSA) is 57.5 Å². The van der Waals surface area contributed by atoms with E-state index in [1.807, 2.05) is 0 Å². The average Bonchev–Trinajstić information content (AvgIpc) is 2.19. The van der Waals surface area contributed by atoms with Crippen molar-refractivity contribution in [2.45, 2.75) is 25.9 Å². The van der Waals surface area contributed by atoms with Gasteiger partial charge in [0.1, 0.15) is 0 Å². The van der Waals surface area contributed by atoms with Crippen LogP contribution in [0, 0.1) is 0 Å². The lowest BCUT2D eigenvalue weighted by Gasteiger charge is -1.59. The molecule has 0 amide bonds. The molecule has 0 radical (unpaired) electrons. The zero-order valence-corrected chi connectivity index (χ0v) is 4.79. The van der Waals surface area contributed by atoms with E-state index in [1.165, 1.54) is 0 Å². The van der Waals surface area contributed by atoms with Crippen molar-refractivity contribution in [1.82, 2.24) is 0 Å². The number of carboxylic acids is 1. The van der Waals surface area contributed by atoms with Crippen molar-refractivity contribution < 1.29 is 15.0 Å². The lowest BCUT2D eigenvalue weighted by Crippen LogP contribution is -1.78. The first kappa shape index (κ1) is 7.43. The van der Waals surface area contributed by atoms with Crippen molar-refractivity contribution >= 4 is 5.97 Å². The van der Waals surface area contributed by atoms with Gasteiger partial charge < -0.3 is 10.2 Å². The Hall–Kier alpha value is -0.570. The first-order valence-electron chi connectivity index (χ1n) is 2.50. The minimum Gasteiger partial charge on any atom is -0.481 e. The molecule has 3 heteroatoms. The van der Waals surface area contributed by atoms with Crippen LogP contribution in [0.2, 0.25) is 0 Å². The van der Waals surface area contributed by atoms with Gasteiger partial charge in [0, 0.05) is 6.92 Å². The van der Waals surface area contributed by atoms with Gasteiger partial charge in [0.25, 0.3) is 5.97 Å². The molecule has 2 N–H and O–H groups in total. The molecule has 48 valence electrons. The minimum absolute atomic E-state index is 0.0833. The normalized spacial score (nSPS) is 16.2. The molecule has 0 aromatic carbocycles. The first-order chi connectivity index (χ1) is 3.63. The van der Waals surface area contributed by atoms with Crippen LogP contribution in [0.1, 0.15) is 19.8 Å². The second-order valence-corrected chi connectivity index (χ2v) is 1.75. The van der Waals surface area contributed by atoms with Gasteiger partial charge in [0.2, 0.25) is 0 Å². The molecule has 0 bridgehead atoms. The Morgan fingerprint density at radius 1 is 1.62 bits per heavy atom. The maximum Gasteiger partial charge on any atom is 0.300 e. The quantitative estimate of drug-likeness (QED) is 0.478. The predicted octanol–water partition coefficient (Wildman–Crippen LogP) is 0.232. The van der Waals surface area contributed by atoms with Gasteiger partial charge in [0.05, 0.1) is 6.10 Å². The van der Waals surface area contributed by atoms with Gasteiger partial charge in [-0.1, -0.05) is 0 Å². The van der Waals surface area contributed by atoms with E-state index in [-0.39, 0.29) is 6.10 Å². The lowest BCUT2D eigenvalue weighted by molar-refractivity contribution is -0.134. The molecule has 1 fully saturated rings. The van der Waals surface area contributed by atoms with Crippen LogP contribution >= 0.6 is 0 Å². The largest absolute Gasteiger partial charge is 0.481 e. The molecular formula is C5H10O3. The molecule has 0 unspecified atom stereocenters. The summed E-state index contributed by atoms with van der Waals surface area (Å²) < 4.78 is 0. The fraction of sp³-hybridized carbons (Fsp3) is 0.800. The molecule has 0 atom stereocenters. The smallest absolute Gasteiger partial charge is 0.300 e. The third kappa shape index (κ3) is 18.0. The second-order valence-electron chi connectivity index (χ2n) is 1.75. The standard InChI is InChI=1S/C3H6O.C2H4O2/c4-3-1-2-3;1-2(3)4/h3-4H,1-2H2;1H3,(H,3,4). The minimum atomic E-state index is -0.833. The zero-order valence-electron chi connectivity index (χ0n) is 4.79. The molecule has 1 aliphatic rings. The Kier molecular flexibility index (Phi) is 3.19. The molecule has 1 aliphatic carbocycles. The number of hydrogen-bond donors (Lipinski definition) is 2. The van der Waals surface area contributed by atoms with E-state index in [4.69, 9.17) is 15.0 Å². The molecular weight excluding hydrogens is 108 g/mol. The van der Waals surface area contributed by atoms with Gasteiger partial charge in [0.15, 0.2) is 0 Å². The van der Waals surface area contributed by atoms with Crippen molar-refractivity contribution in [2.24, 2.45) is 0 Å². The molecule has 0 saturated heterocycles. The highest BCUT2D eigenvalue weighted by Crippen LogP contribution is 2.16. The van der Waals surface area contributed by atoms with E-state index >= 15 is 0 Å². The van der Waals surface area contributed by atoms with Gasteiger partial charge in [-0.2, -0.15) is 0 Å². The van der Waals surface area contributed by atoms with Gasteiger partial charge >= 0.3 is 0 Å². The third-order valence-electron chi connectivity index (χ3n) is 0.547. The van der Waals surface area contributed by atoms with Crippen molar-refractivity contribution in [3.8, 4) is 0 Å². The van der Waals surface area contributed by atoms with E-state index in [0.717, 1.165) is 19.8 Å². The summed E-state index contributed by atoms with van der Waals surface area (Å²) in [5, 5.41) is 15.6. The fourth-order valence-electron chi connectivity index (χ4n) is 0.0745. The highest BCUT2D eigenvalue weighted by atomic mass is 16.4. The van der Waals surface area contributed by atoms with Crippen LogP contribution in [0.5, 0.6) is 0 Å². The lowest BCUT2D eigenvalue weighted by atomic mass is 10.9. The number of aliphatic hydroxyl groups excluding tert-OH is 1. The number of hydrogen-bond acceptors (Lipinski definition) is 2. The highest BCUT2D eigenvalue weighted by molar-refractivity contribution is 5.62. The second kappa shape index (κ2) is 3.43. The molecule has 1 rings (SSSR count). The van der Waals surface area contributed by atoms with Crippen molar-refractivity contribution in [1.29, 1.82) is 0 Å². The number of aliphatic carboxylic acids is 1. The summed E-state index contributed by atoms with van der Waals surface area (Å²) in [7, 11) is 0. The van der Waals surface area contributed by atoms with Gasteiger partial charge in [-0.25, -0.2) is 0 Å². The maximum atomic E-state index is 9.00. The van der Waals surface area contributed by atoms with E-state index in [2.05, 4.69) is 0 Å². The fourth-order valence-corrected chi connectivity index (χ4v) is 0.0745. The molecule has 0 aromatic heterocycles. The molecule has 8 heavy (non-hydrogen) atoms. The van der Waals surface area contributed by atoms with Crippen LogP contribution < -0.4 is 0 Å². The summed E-state index contributed by atoms with van der Waals surface area (Å²) in [4.78, 5) is 9.00. The summed E-state index contributed by atoms with van der Waals surface area (Å²) in [6.45, 7) is 1.08. The van der Waals surface area contributed by atoms with Crippen LogP contribution in [-0.4, -0.2) is 22.3 Å². The van der Waals surface area contributed by atoms with E-state index < -0.39 is 5.97 Å². The molecule has 0 heterocycles. The summed E-state index contributed by atoms with van der Waals surface area (Å²) in [6.07, 6.45) is 2.17. The van der Waals surface area contributed by atoms with Crippen molar-refractivity contribution in [2.75, 3.05) is 0 Å². The number of carboxylic acid groups (broad SMARTS) is 1. The Morgan fingerprint density at radius 3 is 1.75 bits per heavy atom. The van der Waals surface area contributed by atoms with Gasteiger partial charge in [-0.05, 0) is 12.8 Å². The number of carbonyl (C=O) groups is 1. The summed E-state index contributed by atoms with van der Waals surface area (Å²) in [5.74, 6) is -0.833. The predicted molar refractivity (Wildman–Crippen MR) is 28.6 cm³/mol. The van der Waals surface area contributed by atoms with Gasteiger partial charge in [-0.15, -0.1) is 0 Å². The molecule has 0 aromatic rings. The van der Waals surface area contributed by atoms with Crippen LogP contribution in [0.3, 0.4) is 0 Å². The average molecular weight is 118 g/mol. The zero-order chi connectivity index (χ0) is 6.57.